The Balaban J connectivity index is 2.39. The Morgan fingerprint density at radius 2 is 1.90 bits per heavy atom. The average molecular weight is 144 g/mol. The highest BCUT2D eigenvalue weighted by molar-refractivity contribution is 5.70. The molecule has 0 radical (unpaired) electrons. The molecule has 0 spiro atoms. The number of rotatable bonds is 1. The Kier molecular flexibility index (Phi) is 2.08. The summed E-state index contributed by atoms with van der Waals surface area (Å²) in [5.41, 5.74) is 4.94. The van der Waals surface area contributed by atoms with Gasteiger partial charge in [0.25, 0.3) is 0 Å². The molecule has 5 nitrogen and oxygen atoms in total. The minimum absolute atomic E-state index is 0.595. The van der Waals surface area contributed by atoms with Crippen LogP contribution < -0.4 is 11.6 Å². The molecule has 0 aromatic rings. The normalized spacial score (nSPS) is 19.3. The van der Waals surface area contributed by atoms with Crippen LogP contribution in [0.1, 0.15) is 12.8 Å². The first-order valence-corrected chi connectivity index (χ1v) is 3.31. The molecule has 5 heteroatoms. The Labute approximate surface area is 59.5 Å². The van der Waals surface area contributed by atoms with Crippen LogP contribution in [0.5, 0.6) is 0 Å². The summed E-state index contributed by atoms with van der Waals surface area (Å²) < 4.78 is 0. The molecule has 0 bridgehead atoms. The van der Waals surface area contributed by atoms with E-state index in [1.54, 1.807) is 5.01 Å². The second-order valence-corrected chi connectivity index (χ2v) is 2.34. The van der Waals surface area contributed by atoms with E-state index in [1.165, 1.54) is 0 Å². The third-order valence-electron chi connectivity index (χ3n) is 1.61. The Morgan fingerprint density at radius 3 is 2.30 bits per heavy atom. The van der Waals surface area contributed by atoms with E-state index in [-0.39, 0.29) is 0 Å². The summed E-state index contributed by atoms with van der Waals surface area (Å²) in [6.07, 6.45) is 2.17. The van der Waals surface area contributed by atoms with Gasteiger partial charge in [-0.05, 0) is 12.8 Å². The molecule has 4 N–H and O–H groups in total. The summed E-state index contributed by atoms with van der Waals surface area (Å²) in [5.74, 6) is 5.31. The van der Waals surface area contributed by atoms with Crippen LogP contribution in [-0.2, 0) is 0 Å². The fourth-order valence-corrected chi connectivity index (χ4v) is 1.06. The van der Waals surface area contributed by atoms with Gasteiger partial charge < -0.3 is 5.73 Å². The van der Waals surface area contributed by atoms with Gasteiger partial charge in [-0.15, -0.1) is 0 Å². The molecule has 0 aromatic heterocycles. The van der Waals surface area contributed by atoms with Gasteiger partial charge in [0.1, 0.15) is 0 Å². The van der Waals surface area contributed by atoms with Gasteiger partial charge in [-0.2, -0.15) is 5.12 Å². The maximum absolute atomic E-state index is 10.5. The van der Waals surface area contributed by atoms with E-state index in [0.29, 0.717) is 0 Å². The Bertz CT molecular complexity index is 132. The SMILES string of the molecule is NC(=O)N(N)N1CCCC1. The number of nitrogens with zero attached hydrogens (tertiary/aromatic N) is 2. The van der Waals surface area contributed by atoms with Crippen molar-refractivity contribution in [2.75, 3.05) is 13.1 Å². The molecule has 1 aliphatic rings. The first-order valence-electron chi connectivity index (χ1n) is 3.31. The van der Waals surface area contributed by atoms with Crippen LogP contribution in [0.25, 0.3) is 0 Å². The van der Waals surface area contributed by atoms with Gasteiger partial charge in [0.05, 0.1) is 0 Å². The lowest BCUT2D eigenvalue weighted by molar-refractivity contribution is 0.0404. The van der Waals surface area contributed by atoms with Crippen LogP contribution in [0.3, 0.4) is 0 Å². The van der Waals surface area contributed by atoms with Crippen molar-refractivity contribution in [3.63, 3.8) is 0 Å². The smallest absolute Gasteiger partial charge is 0.344 e. The third kappa shape index (κ3) is 1.37. The van der Waals surface area contributed by atoms with Gasteiger partial charge in [0.15, 0.2) is 0 Å². The van der Waals surface area contributed by atoms with E-state index in [0.717, 1.165) is 31.0 Å². The van der Waals surface area contributed by atoms with E-state index in [2.05, 4.69) is 0 Å². The summed E-state index contributed by atoms with van der Waals surface area (Å²) in [5, 5.41) is 2.72. The highest BCUT2D eigenvalue weighted by Crippen LogP contribution is 2.07. The maximum Gasteiger partial charge on any atom is 0.344 e. The number of hydrazine groups is 2. The van der Waals surface area contributed by atoms with Gasteiger partial charge in [-0.3, -0.25) is 0 Å². The van der Waals surface area contributed by atoms with Crippen molar-refractivity contribution in [2.24, 2.45) is 11.6 Å². The number of urea groups is 1. The van der Waals surface area contributed by atoms with Gasteiger partial charge in [0.2, 0.25) is 0 Å². The number of carbonyl (C=O) groups is 1. The van der Waals surface area contributed by atoms with Gasteiger partial charge in [0, 0.05) is 13.1 Å². The highest BCUT2D eigenvalue weighted by atomic mass is 16.2. The van der Waals surface area contributed by atoms with Crippen LogP contribution in [0.15, 0.2) is 0 Å². The zero-order chi connectivity index (χ0) is 7.56. The second-order valence-electron chi connectivity index (χ2n) is 2.34. The van der Waals surface area contributed by atoms with E-state index in [9.17, 15) is 4.79 Å². The first-order chi connectivity index (χ1) is 4.72. The third-order valence-corrected chi connectivity index (χ3v) is 1.61. The van der Waals surface area contributed by atoms with Gasteiger partial charge >= 0.3 is 6.03 Å². The van der Waals surface area contributed by atoms with Crippen LogP contribution >= 0.6 is 0 Å². The van der Waals surface area contributed by atoms with Gasteiger partial charge in [-0.1, -0.05) is 0 Å². The molecule has 0 unspecified atom stereocenters. The lowest BCUT2D eigenvalue weighted by Crippen LogP contribution is -2.52. The number of amides is 2. The Morgan fingerprint density at radius 1 is 1.40 bits per heavy atom. The number of nitrogens with two attached hydrogens (primary N) is 2. The predicted octanol–water partition coefficient (Wildman–Crippen LogP) is -0.748. The summed E-state index contributed by atoms with van der Waals surface area (Å²) in [6, 6.07) is -0.595. The van der Waals surface area contributed by atoms with Crippen molar-refractivity contribution in [1.82, 2.24) is 10.1 Å². The van der Waals surface area contributed by atoms with E-state index < -0.39 is 6.03 Å². The second kappa shape index (κ2) is 2.85. The van der Waals surface area contributed by atoms with Gasteiger partial charge in [-0.25, -0.2) is 15.6 Å². The lowest BCUT2D eigenvalue weighted by Gasteiger charge is -2.24. The molecule has 1 fully saturated rings. The molecule has 1 saturated heterocycles. The minimum Gasteiger partial charge on any atom is -0.349 e. The molecule has 0 saturated carbocycles. The van der Waals surface area contributed by atoms with Crippen molar-refractivity contribution in [1.29, 1.82) is 0 Å². The summed E-state index contributed by atoms with van der Waals surface area (Å²) >= 11 is 0. The average Bonchev–Trinajstić information content (AvgIpc) is 2.36. The van der Waals surface area contributed by atoms with E-state index in [4.69, 9.17) is 11.6 Å². The fraction of sp³-hybridized carbons (Fsp3) is 0.800. The molecular weight excluding hydrogens is 132 g/mol. The standard InChI is InChI=1S/C5H12N4O/c6-5(10)9(7)8-3-1-2-4-8/h1-4,7H2,(H2,6,10). The molecule has 1 rings (SSSR count). The van der Waals surface area contributed by atoms with Crippen molar-refractivity contribution in [3.05, 3.63) is 0 Å². The quantitative estimate of drug-likeness (QED) is 0.289. The monoisotopic (exact) mass is 144 g/mol. The zero-order valence-corrected chi connectivity index (χ0v) is 5.79. The number of hydrogen-bond acceptors (Lipinski definition) is 3. The number of primary amides is 1. The Hall–Kier alpha value is -0.810. The maximum atomic E-state index is 10.5. The van der Waals surface area contributed by atoms with E-state index >= 15 is 0 Å². The zero-order valence-electron chi connectivity index (χ0n) is 5.79. The minimum atomic E-state index is -0.595. The largest absolute Gasteiger partial charge is 0.349 e. The fourth-order valence-electron chi connectivity index (χ4n) is 1.06. The summed E-state index contributed by atoms with van der Waals surface area (Å²) in [7, 11) is 0. The topological polar surface area (TPSA) is 75.6 Å². The lowest BCUT2D eigenvalue weighted by atomic mass is 10.4. The van der Waals surface area contributed by atoms with E-state index in [1.807, 2.05) is 0 Å². The molecule has 2 amide bonds. The molecule has 0 atom stereocenters. The van der Waals surface area contributed by atoms with Crippen LogP contribution in [-0.4, -0.2) is 29.2 Å². The van der Waals surface area contributed by atoms with Crippen molar-refractivity contribution >= 4 is 6.03 Å². The number of hydrogen-bond donors (Lipinski definition) is 2. The molecule has 1 heterocycles. The molecule has 58 valence electrons. The molecule has 0 aromatic carbocycles. The highest BCUT2D eigenvalue weighted by Gasteiger charge is 2.18. The van der Waals surface area contributed by atoms with Crippen LogP contribution in [0, 0.1) is 0 Å². The molecule has 1 aliphatic heterocycles. The molecule has 10 heavy (non-hydrogen) atoms. The van der Waals surface area contributed by atoms with Crippen LogP contribution in [0.4, 0.5) is 4.79 Å². The first kappa shape index (κ1) is 7.30. The summed E-state index contributed by atoms with van der Waals surface area (Å²) in [6.45, 7) is 1.67. The van der Waals surface area contributed by atoms with Crippen LogP contribution in [0.2, 0.25) is 0 Å². The molecular formula is C5H12N4O. The predicted molar refractivity (Wildman–Crippen MR) is 36.4 cm³/mol. The van der Waals surface area contributed by atoms with Crippen molar-refractivity contribution < 1.29 is 4.79 Å². The summed E-state index contributed by atoms with van der Waals surface area (Å²) in [4.78, 5) is 10.5. The molecule has 0 aliphatic carbocycles. The van der Waals surface area contributed by atoms with Crippen molar-refractivity contribution in [3.8, 4) is 0 Å². The van der Waals surface area contributed by atoms with Crippen molar-refractivity contribution in [2.45, 2.75) is 12.8 Å². The number of carbonyl (C=O) groups excluding carboxylic acids is 1.